The number of hydrogen-bond acceptors (Lipinski definition) is 10. The van der Waals surface area contributed by atoms with E-state index in [0.717, 1.165) is 96.3 Å². The van der Waals surface area contributed by atoms with Crippen molar-refractivity contribution in [2.45, 2.75) is 328 Å². The van der Waals surface area contributed by atoms with Crippen LogP contribution >= 0.6 is 7.82 Å². The molecule has 0 aromatic heterocycles. The van der Waals surface area contributed by atoms with Gasteiger partial charge in [-0.2, -0.15) is 0 Å². The Labute approximate surface area is 491 Å². The van der Waals surface area contributed by atoms with E-state index in [-0.39, 0.29) is 25.9 Å². The van der Waals surface area contributed by atoms with Crippen molar-refractivity contribution in [3.63, 3.8) is 0 Å². The van der Waals surface area contributed by atoms with E-state index in [1.807, 2.05) is 0 Å². The number of ether oxygens (including phenoxy) is 3. The molecular weight excluding hydrogens is 1020 g/mol. The molecule has 0 amide bonds. The van der Waals surface area contributed by atoms with Crippen LogP contribution in [0.15, 0.2) is 60.8 Å². The van der Waals surface area contributed by atoms with Crippen molar-refractivity contribution in [2.75, 3.05) is 26.4 Å². The highest BCUT2D eigenvalue weighted by Crippen LogP contribution is 2.43. The quantitative estimate of drug-likeness (QED) is 0.0197. The zero-order chi connectivity index (χ0) is 58.3. The van der Waals surface area contributed by atoms with Crippen LogP contribution in [-0.2, 0) is 42.2 Å². The van der Waals surface area contributed by atoms with E-state index >= 15 is 0 Å². The molecule has 0 aliphatic carbocycles. The SMILES string of the molecule is CCCCC/C=C\C/C=C\CCCCCCCCCCCC(=O)OC(COC(=O)CCCCCCC/C=C\C/C=C\CCCCC)COP(=O)(O)OCC(CO)OC(=O)CCCCCCCCCCC/C=C\CCCCCCCC. The minimum atomic E-state index is -4.76. The highest BCUT2D eigenvalue weighted by atomic mass is 31.2. The lowest BCUT2D eigenvalue weighted by Crippen LogP contribution is -2.30. The molecule has 0 saturated carbocycles. The molecule has 80 heavy (non-hydrogen) atoms. The predicted molar refractivity (Wildman–Crippen MR) is 335 cm³/mol. The lowest BCUT2D eigenvalue weighted by atomic mass is 10.1. The summed E-state index contributed by atoms with van der Waals surface area (Å²) in [7, 11) is -4.76. The summed E-state index contributed by atoms with van der Waals surface area (Å²) in [4.78, 5) is 48.8. The zero-order valence-electron chi connectivity index (χ0n) is 51.8. The smallest absolute Gasteiger partial charge is 0.462 e. The molecule has 3 unspecified atom stereocenters. The van der Waals surface area contributed by atoms with Crippen LogP contribution in [0, 0.1) is 0 Å². The standard InChI is InChI=1S/C68H123O11P/c1-4-7-10-13-16-19-22-25-28-30-32-34-37-40-43-46-49-52-55-58-67(71)78-64(60-69)62-76-80(73,74)77-63-65(61-75-66(70)57-54-51-48-45-42-39-36-27-24-21-18-15-12-9-6-3)79-68(72)59-56-53-50-47-44-41-38-35-33-31-29-26-23-20-17-14-11-8-5-2/h17-18,20-21,25-29,36,64-65,69H,4-16,19,22-24,30-35,37-63H2,1-3H3,(H,73,74)/b20-17-,21-18-,28-25-,29-26-,36-27-. The molecule has 0 aliphatic heterocycles. The minimum absolute atomic E-state index is 0.160. The number of carbonyl (C=O) groups is 3. The second kappa shape index (κ2) is 62.2. The van der Waals surface area contributed by atoms with Gasteiger partial charge in [0.2, 0.25) is 0 Å². The summed E-state index contributed by atoms with van der Waals surface area (Å²) < 4.78 is 39.7. The van der Waals surface area contributed by atoms with Crippen molar-refractivity contribution in [1.29, 1.82) is 0 Å². The topological polar surface area (TPSA) is 155 Å². The van der Waals surface area contributed by atoms with E-state index in [2.05, 4.69) is 81.5 Å². The average molecular weight is 1150 g/mol. The van der Waals surface area contributed by atoms with Crippen LogP contribution in [0.1, 0.15) is 316 Å². The normalized spacial score (nSPS) is 13.6. The van der Waals surface area contributed by atoms with Gasteiger partial charge in [-0.3, -0.25) is 23.4 Å². The van der Waals surface area contributed by atoms with Gasteiger partial charge >= 0.3 is 25.7 Å². The molecule has 0 aliphatic rings. The van der Waals surface area contributed by atoms with Crippen molar-refractivity contribution in [2.24, 2.45) is 0 Å². The Hall–Kier alpha value is -2.82. The second-order valence-electron chi connectivity index (χ2n) is 22.3. The first-order valence-electron chi connectivity index (χ1n) is 33.2. The molecule has 0 aromatic carbocycles. The van der Waals surface area contributed by atoms with Crippen molar-refractivity contribution >= 4 is 25.7 Å². The molecule has 0 heterocycles. The van der Waals surface area contributed by atoms with Crippen LogP contribution < -0.4 is 0 Å². The molecule has 3 atom stereocenters. The van der Waals surface area contributed by atoms with E-state index in [1.54, 1.807) is 0 Å². The monoisotopic (exact) mass is 1150 g/mol. The van der Waals surface area contributed by atoms with E-state index in [0.29, 0.717) is 19.3 Å². The Balaban J connectivity index is 4.67. The summed E-state index contributed by atoms with van der Waals surface area (Å²) in [6, 6.07) is 0. The summed E-state index contributed by atoms with van der Waals surface area (Å²) in [5.41, 5.74) is 0. The third-order valence-electron chi connectivity index (χ3n) is 14.4. The average Bonchev–Trinajstić information content (AvgIpc) is 3.45. The third kappa shape index (κ3) is 59.8. The van der Waals surface area contributed by atoms with Crippen LogP contribution in [0.5, 0.6) is 0 Å². The first-order chi connectivity index (χ1) is 39.2. The number of aliphatic hydroxyl groups excluding tert-OH is 1. The molecule has 2 N–H and O–H groups in total. The molecule has 0 radical (unpaired) electrons. The van der Waals surface area contributed by atoms with Crippen LogP contribution in [-0.4, -0.2) is 66.5 Å². The summed E-state index contributed by atoms with van der Waals surface area (Å²) >= 11 is 0. The van der Waals surface area contributed by atoms with Crippen LogP contribution in [0.4, 0.5) is 0 Å². The number of phosphoric acid groups is 1. The maximum absolute atomic E-state index is 13.0. The van der Waals surface area contributed by atoms with Crippen molar-refractivity contribution in [3.05, 3.63) is 60.8 Å². The van der Waals surface area contributed by atoms with Gasteiger partial charge in [-0.15, -0.1) is 0 Å². The lowest BCUT2D eigenvalue weighted by molar-refractivity contribution is -0.161. The Morgan fingerprint density at radius 3 is 0.963 bits per heavy atom. The maximum Gasteiger partial charge on any atom is 0.472 e. The van der Waals surface area contributed by atoms with Gasteiger partial charge < -0.3 is 24.2 Å². The summed E-state index contributed by atoms with van der Waals surface area (Å²) in [5, 5.41) is 9.87. The van der Waals surface area contributed by atoms with Crippen molar-refractivity contribution in [3.8, 4) is 0 Å². The Bertz CT molecular complexity index is 1570. The van der Waals surface area contributed by atoms with Crippen LogP contribution in [0.3, 0.4) is 0 Å². The maximum atomic E-state index is 13.0. The zero-order valence-corrected chi connectivity index (χ0v) is 52.7. The summed E-state index contributed by atoms with van der Waals surface area (Å²) in [6.45, 7) is 4.62. The third-order valence-corrected chi connectivity index (χ3v) is 15.3. The van der Waals surface area contributed by atoms with Gasteiger partial charge in [0, 0.05) is 19.3 Å². The van der Waals surface area contributed by atoms with Gasteiger partial charge in [-0.25, -0.2) is 4.57 Å². The van der Waals surface area contributed by atoms with Crippen molar-refractivity contribution in [1.82, 2.24) is 0 Å². The fourth-order valence-electron chi connectivity index (χ4n) is 9.30. The molecule has 0 saturated heterocycles. The highest BCUT2D eigenvalue weighted by molar-refractivity contribution is 7.47. The molecule has 0 bridgehead atoms. The van der Waals surface area contributed by atoms with Gasteiger partial charge in [0.25, 0.3) is 0 Å². The van der Waals surface area contributed by atoms with Crippen molar-refractivity contribution < 1.29 is 52.2 Å². The largest absolute Gasteiger partial charge is 0.472 e. The number of esters is 3. The lowest BCUT2D eigenvalue weighted by Gasteiger charge is -2.21. The van der Waals surface area contributed by atoms with Gasteiger partial charge in [-0.1, -0.05) is 248 Å². The predicted octanol–water partition coefficient (Wildman–Crippen LogP) is 20.3. The molecular formula is C68H123O11P. The molecule has 0 fully saturated rings. The fraction of sp³-hybridized carbons (Fsp3) is 0.809. The Morgan fingerprint density at radius 2 is 0.613 bits per heavy atom. The molecule has 0 rings (SSSR count). The molecule has 0 spiro atoms. The number of unbranched alkanes of at least 4 members (excludes halogenated alkanes) is 35. The number of allylic oxidation sites excluding steroid dienone is 10. The summed E-state index contributed by atoms with van der Waals surface area (Å²) in [5.74, 6) is -1.47. The van der Waals surface area contributed by atoms with E-state index in [4.69, 9.17) is 23.3 Å². The first kappa shape index (κ1) is 77.2. The van der Waals surface area contributed by atoms with Gasteiger partial charge in [-0.05, 0) is 109 Å². The minimum Gasteiger partial charge on any atom is -0.462 e. The molecule has 0 aromatic rings. The summed E-state index contributed by atoms with van der Waals surface area (Å²) in [6.07, 6.45) is 70.2. The number of aliphatic hydroxyl groups is 1. The number of phosphoric ester groups is 1. The Morgan fingerprint density at radius 1 is 0.350 bits per heavy atom. The second-order valence-corrected chi connectivity index (χ2v) is 23.7. The van der Waals surface area contributed by atoms with Gasteiger partial charge in [0.1, 0.15) is 12.7 Å². The van der Waals surface area contributed by atoms with E-state index in [9.17, 15) is 28.9 Å². The molecule has 466 valence electrons. The molecule has 12 heteroatoms. The van der Waals surface area contributed by atoms with Gasteiger partial charge in [0.05, 0.1) is 19.8 Å². The number of hydrogen-bond donors (Lipinski definition) is 2. The molecule has 11 nitrogen and oxygen atoms in total. The van der Waals surface area contributed by atoms with Crippen LogP contribution in [0.25, 0.3) is 0 Å². The van der Waals surface area contributed by atoms with Crippen LogP contribution in [0.2, 0.25) is 0 Å². The Kier molecular flexibility index (Phi) is 60.0. The number of carbonyl (C=O) groups excluding carboxylic acids is 3. The highest BCUT2D eigenvalue weighted by Gasteiger charge is 2.28. The fourth-order valence-corrected chi connectivity index (χ4v) is 10.1. The number of rotatable bonds is 62. The first-order valence-corrected chi connectivity index (χ1v) is 34.7. The van der Waals surface area contributed by atoms with E-state index < -0.39 is 57.8 Å². The van der Waals surface area contributed by atoms with Gasteiger partial charge in [0.15, 0.2) is 6.10 Å². The van der Waals surface area contributed by atoms with E-state index in [1.165, 1.54) is 161 Å².